The van der Waals surface area contributed by atoms with Crippen molar-refractivity contribution in [2.24, 2.45) is 5.92 Å². The van der Waals surface area contributed by atoms with E-state index in [9.17, 15) is 9.59 Å². The van der Waals surface area contributed by atoms with Gasteiger partial charge in [-0.25, -0.2) is 4.79 Å². The highest BCUT2D eigenvalue weighted by Crippen LogP contribution is 2.15. The molecule has 21 heavy (non-hydrogen) atoms. The first-order valence-electron chi connectivity index (χ1n) is 7.34. The maximum Gasteiger partial charge on any atom is 0.323 e. The zero-order valence-corrected chi connectivity index (χ0v) is 13.1. The smallest absolute Gasteiger partial charge is 0.323 e. The molecule has 1 aromatic rings. The first-order valence-corrected chi connectivity index (χ1v) is 7.34. The number of benzene rings is 1. The summed E-state index contributed by atoms with van der Waals surface area (Å²) < 4.78 is 0. The van der Waals surface area contributed by atoms with Gasteiger partial charge in [-0.05, 0) is 42.0 Å². The minimum atomic E-state index is -0.341. The van der Waals surface area contributed by atoms with Gasteiger partial charge in [0.2, 0.25) is 6.41 Å². The highest BCUT2D eigenvalue weighted by molar-refractivity contribution is 5.84. The Hall–Kier alpha value is -2.04. The summed E-state index contributed by atoms with van der Waals surface area (Å²) in [5, 5.41) is 2.21. The molecule has 0 aliphatic rings. The van der Waals surface area contributed by atoms with Crippen molar-refractivity contribution >= 4 is 18.1 Å². The zero-order valence-electron chi connectivity index (χ0n) is 13.1. The second-order valence-electron chi connectivity index (χ2n) is 5.54. The van der Waals surface area contributed by atoms with Gasteiger partial charge in [0.15, 0.2) is 0 Å². The van der Waals surface area contributed by atoms with E-state index in [2.05, 4.69) is 12.2 Å². The number of carbonyl (C=O) groups is 2. The predicted molar refractivity (Wildman–Crippen MR) is 84.9 cm³/mol. The second-order valence-corrected chi connectivity index (χ2v) is 5.54. The number of hydrogen-bond acceptors (Lipinski definition) is 3. The van der Waals surface area contributed by atoms with Crippen LogP contribution in [0.3, 0.4) is 0 Å². The Kier molecular flexibility index (Phi) is 6.72. The van der Waals surface area contributed by atoms with Crippen molar-refractivity contribution in [2.45, 2.75) is 33.6 Å². The Bertz CT molecular complexity index is 486. The Morgan fingerprint density at radius 1 is 1.38 bits per heavy atom. The summed E-state index contributed by atoms with van der Waals surface area (Å²) in [5.41, 5.74) is 8.95. The molecule has 0 heterocycles. The van der Waals surface area contributed by atoms with Gasteiger partial charge in [-0.1, -0.05) is 26.8 Å². The van der Waals surface area contributed by atoms with Crippen LogP contribution in [0, 0.1) is 5.92 Å². The number of imide groups is 1. The Morgan fingerprint density at radius 2 is 2.10 bits per heavy atom. The van der Waals surface area contributed by atoms with Crippen LogP contribution in [0.15, 0.2) is 18.2 Å². The van der Waals surface area contributed by atoms with Gasteiger partial charge in [0.05, 0.1) is 0 Å². The topological polar surface area (TPSA) is 75.4 Å². The lowest BCUT2D eigenvalue weighted by Gasteiger charge is -2.24. The molecule has 0 fully saturated rings. The Labute approximate surface area is 126 Å². The number of nitrogens with one attached hydrogen (secondary N) is 1. The largest absolute Gasteiger partial charge is 0.399 e. The molecular formula is C16H25N3O2. The standard InChI is InChI=1S/C16H25N3O2/c1-4-13-9-15(17)6-5-14(13)7-8-19(10-12(2)3)16(21)18-11-20/h5-6,9,11-12H,4,7-8,10,17H2,1-3H3,(H,18,20,21). The maximum atomic E-state index is 11.9. The molecule has 0 spiro atoms. The summed E-state index contributed by atoms with van der Waals surface area (Å²) in [6, 6.07) is 5.53. The van der Waals surface area contributed by atoms with Crippen molar-refractivity contribution in [3.63, 3.8) is 0 Å². The number of nitrogens with two attached hydrogens (primary N) is 1. The molecule has 0 unspecified atom stereocenters. The third kappa shape index (κ3) is 5.45. The van der Waals surface area contributed by atoms with Crippen molar-refractivity contribution in [1.29, 1.82) is 0 Å². The van der Waals surface area contributed by atoms with Gasteiger partial charge in [-0.2, -0.15) is 0 Å². The number of anilines is 1. The lowest BCUT2D eigenvalue weighted by Crippen LogP contribution is -2.42. The monoisotopic (exact) mass is 291 g/mol. The fourth-order valence-corrected chi connectivity index (χ4v) is 2.33. The number of nitrogen functional groups attached to an aromatic ring is 1. The van der Waals surface area contributed by atoms with E-state index in [0.717, 1.165) is 18.5 Å². The molecule has 1 rings (SSSR count). The van der Waals surface area contributed by atoms with Crippen LogP contribution in [-0.2, 0) is 17.6 Å². The zero-order chi connectivity index (χ0) is 15.8. The molecule has 0 bridgehead atoms. The fraction of sp³-hybridized carbons (Fsp3) is 0.500. The molecule has 0 aliphatic carbocycles. The number of urea groups is 1. The summed E-state index contributed by atoms with van der Waals surface area (Å²) in [6.45, 7) is 7.37. The van der Waals surface area contributed by atoms with Gasteiger partial charge in [0, 0.05) is 18.8 Å². The van der Waals surface area contributed by atoms with Crippen molar-refractivity contribution in [1.82, 2.24) is 10.2 Å². The van der Waals surface area contributed by atoms with Crippen molar-refractivity contribution in [3.05, 3.63) is 29.3 Å². The molecule has 3 N–H and O–H groups in total. The van der Waals surface area contributed by atoms with Gasteiger partial charge >= 0.3 is 6.03 Å². The van der Waals surface area contributed by atoms with Crippen LogP contribution in [0.4, 0.5) is 10.5 Å². The Morgan fingerprint density at radius 3 is 2.67 bits per heavy atom. The number of rotatable bonds is 7. The molecule has 3 amide bonds. The molecule has 0 saturated carbocycles. The van der Waals surface area contributed by atoms with E-state index in [1.54, 1.807) is 4.90 Å². The molecule has 0 aliphatic heterocycles. The summed E-state index contributed by atoms with van der Waals surface area (Å²) in [5.74, 6) is 0.347. The van der Waals surface area contributed by atoms with E-state index in [4.69, 9.17) is 5.73 Å². The average Bonchev–Trinajstić information content (AvgIpc) is 2.44. The normalized spacial score (nSPS) is 10.5. The number of hydrogen-bond donors (Lipinski definition) is 2. The number of aryl methyl sites for hydroxylation is 1. The first-order chi connectivity index (χ1) is 9.97. The average molecular weight is 291 g/mol. The van der Waals surface area contributed by atoms with Crippen LogP contribution in [0.25, 0.3) is 0 Å². The lowest BCUT2D eigenvalue weighted by molar-refractivity contribution is -0.108. The molecule has 0 atom stereocenters. The summed E-state index contributed by atoms with van der Waals surface area (Å²) in [7, 11) is 0. The third-order valence-corrected chi connectivity index (χ3v) is 3.32. The highest BCUT2D eigenvalue weighted by Gasteiger charge is 2.14. The van der Waals surface area contributed by atoms with Crippen LogP contribution >= 0.6 is 0 Å². The fourth-order valence-electron chi connectivity index (χ4n) is 2.33. The summed E-state index contributed by atoms with van der Waals surface area (Å²) in [4.78, 5) is 24.0. The molecule has 1 aromatic carbocycles. The van der Waals surface area contributed by atoms with Gasteiger partial charge in [0.25, 0.3) is 0 Å². The molecule has 5 nitrogen and oxygen atoms in total. The third-order valence-electron chi connectivity index (χ3n) is 3.32. The second kappa shape index (κ2) is 8.29. The van der Waals surface area contributed by atoms with Crippen LogP contribution in [0.2, 0.25) is 0 Å². The van der Waals surface area contributed by atoms with Crippen LogP contribution in [0.5, 0.6) is 0 Å². The van der Waals surface area contributed by atoms with E-state index < -0.39 is 0 Å². The molecule has 0 aromatic heterocycles. The Balaban J connectivity index is 2.76. The van der Waals surface area contributed by atoms with Gasteiger partial charge < -0.3 is 10.6 Å². The van der Waals surface area contributed by atoms with Crippen LogP contribution in [-0.4, -0.2) is 30.4 Å². The van der Waals surface area contributed by atoms with E-state index in [1.165, 1.54) is 11.1 Å². The minimum Gasteiger partial charge on any atom is -0.399 e. The van der Waals surface area contributed by atoms with Crippen LogP contribution in [0.1, 0.15) is 31.9 Å². The van der Waals surface area contributed by atoms with Gasteiger partial charge in [0.1, 0.15) is 0 Å². The molecule has 0 radical (unpaired) electrons. The first kappa shape index (κ1) is 17.0. The maximum absolute atomic E-state index is 11.9. The molecule has 116 valence electrons. The SMILES string of the molecule is CCc1cc(N)ccc1CCN(CC(C)C)C(=O)NC=O. The van der Waals surface area contributed by atoms with Crippen LogP contribution < -0.4 is 11.1 Å². The molecule has 0 saturated heterocycles. The van der Waals surface area contributed by atoms with E-state index >= 15 is 0 Å². The summed E-state index contributed by atoms with van der Waals surface area (Å²) >= 11 is 0. The van der Waals surface area contributed by atoms with Crippen molar-refractivity contribution < 1.29 is 9.59 Å². The summed E-state index contributed by atoms with van der Waals surface area (Å²) in [6.07, 6.45) is 2.09. The van der Waals surface area contributed by atoms with E-state index in [-0.39, 0.29) is 6.03 Å². The van der Waals surface area contributed by atoms with Crippen molar-refractivity contribution in [3.8, 4) is 0 Å². The minimum absolute atomic E-state index is 0.341. The highest BCUT2D eigenvalue weighted by atomic mass is 16.2. The van der Waals surface area contributed by atoms with E-state index in [0.29, 0.717) is 25.4 Å². The van der Waals surface area contributed by atoms with Gasteiger partial charge in [-0.3, -0.25) is 10.1 Å². The number of nitrogens with zero attached hydrogens (tertiary/aromatic N) is 1. The number of carbonyl (C=O) groups excluding carboxylic acids is 2. The lowest BCUT2D eigenvalue weighted by atomic mass is 10.0. The van der Waals surface area contributed by atoms with Gasteiger partial charge in [-0.15, -0.1) is 0 Å². The van der Waals surface area contributed by atoms with E-state index in [1.807, 2.05) is 32.0 Å². The molecule has 5 heteroatoms. The molecular weight excluding hydrogens is 266 g/mol. The predicted octanol–water partition coefficient (Wildman–Crippen LogP) is 2.20. The van der Waals surface area contributed by atoms with Crippen molar-refractivity contribution in [2.75, 3.05) is 18.8 Å². The quantitative estimate of drug-likeness (QED) is 0.597. The number of amides is 3.